The predicted molar refractivity (Wildman–Crippen MR) is 44.8 cm³/mol. The van der Waals surface area contributed by atoms with Crippen molar-refractivity contribution >= 4 is 12.4 Å². The molecule has 1 N–H and O–H groups in total. The summed E-state index contributed by atoms with van der Waals surface area (Å²) in [6.45, 7) is 1.98. The second kappa shape index (κ2) is 5.96. The average molecular weight is 166 g/mol. The maximum absolute atomic E-state index is 5.46. The highest BCUT2D eigenvalue weighted by Crippen LogP contribution is 2.10. The summed E-state index contributed by atoms with van der Waals surface area (Å²) in [7, 11) is 1.97. The molecule has 0 spiro atoms. The molecule has 0 saturated carbocycles. The van der Waals surface area contributed by atoms with Gasteiger partial charge in [0, 0.05) is 13.2 Å². The van der Waals surface area contributed by atoms with Crippen LogP contribution in [0.15, 0.2) is 0 Å². The summed E-state index contributed by atoms with van der Waals surface area (Å²) < 4.78 is 5.46. The molecule has 3 heteroatoms. The molecular weight excluding hydrogens is 150 g/mol. The molecule has 1 unspecified atom stereocenters. The fourth-order valence-electron chi connectivity index (χ4n) is 1.20. The maximum Gasteiger partial charge on any atom is 0.0699 e. The van der Waals surface area contributed by atoms with E-state index in [1.807, 2.05) is 7.05 Å². The number of nitrogens with one attached hydrogen (secondary N) is 1. The molecule has 0 amide bonds. The first-order valence-electron chi connectivity index (χ1n) is 3.69. The Morgan fingerprint density at radius 3 is 2.80 bits per heavy atom. The van der Waals surface area contributed by atoms with Crippen molar-refractivity contribution in [3.63, 3.8) is 0 Å². The SMILES string of the molecule is CNCC1CCCCO1.Cl. The lowest BCUT2D eigenvalue weighted by Gasteiger charge is -2.21. The first kappa shape index (κ1) is 10.2. The quantitative estimate of drug-likeness (QED) is 0.664. The predicted octanol–water partition coefficient (Wildman–Crippen LogP) is 1.20. The zero-order valence-corrected chi connectivity index (χ0v) is 7.25. The molecule has 0 aliphatic carbocycles. The first-order chi connectivity index (χ1) is 4.43. The molecule has 1 heterocycles. The Kier molecular flexibility index (Phi) is 6.08. The zero-order valence-electron chi connectivity index (χ0n) is 6.43. The van der Waals surface area contributed by atoms with E-state index >= 15 is 0 Å². The molecule has 1 fully saturated rings. The molecule has 1 aliphatic heterocycles. The Morgan fingerprint density at radius 1 is 1.50 bits per heavy atom. The van der Waals surface area contributed by atoms with E-state index in [9.17, 15) is 0 Å². The molecule has 1 atom stereocenters. The molecule has 2 nitrogen and oxygen atoms in total. The van der Waals surface area contributed by atoms with Crippen LogP contribution in [0.3, 0.4) is 0 Å². The van der Waals surface area contributed by atoms with E-state index in [2.05, 4.69) is 5.32 Å². The van der Waals surface area contributed by atoms with Gasteiger partial charge in [-0.1, -0.05) is 0 Å². The maximum atomic E-state index is 5.46. The molecule has 62 valence electrons. The van der Waals surface area contributed by atoms with Gasteiger partial charge in [0.2, 0.25) is 0 Å². The van der Waals surface area contributed by atoms with E-state index < -0.39 is 0 Å². The number of hydrogen-bond donors (Lipinski definition) is 1. The fourth-order valence-corrected chi connectivity index (χ4v) is 1.20. The molecule has 10 heavy (non-hydrogen) atoms. The number of rotatable bonds is 2. The number of likely N-dealkylation sites (N-methyl/N-ethyl adjacent to an activating group) is 1. The van der Waals surface area contributed by atoms with E-state index in [-0.39, 0.29) is 12.4 Å². The van der Waals surface area contributed by atoms with Crippen LogP contribution in [-0.2, 0) is 4.74 Å². The van der Waals surface area contributed by atoms with Crippen LogP contribution in [0.4, 0.5) is 0 Å². The van der Waals surface area contributed by atoms with Gasteiger partial charge in [0.15, 0.2) is 0 Å². The number of halogens is 1. The first-order valence-corrected chi connectivity index (χ1v) is 3.69. The van der Waals surface area contributed by atoms with Gasteiger partial charge in [-0.05, 0) is 26.3 Å². The van der Waals surface area contributed by atoms with Gasteiger partial charge in [-0.2, -0.15) is 0 Å². The summed E-state index contributed by atoms with van der Waals surface area (Å²) in [4.78, 5) is 0. The van der Waals surface area contributed by atoms with Crippen LogP contribution in [0.5, 0.6) is 0 Å². The van der Waals surface area contributed by atoms with Crippen molar-refractivity contribution in [2.24, 2.45) is 0 Å². The minimum atomic E-state index is 0. The zero-order chi connectivity index (χ0) is 6.53. The van der Waals surface area contributed by atoms with Crippen LogP contribution in [0.2, 0.25) is 0 Å². The summed E-state index contributed by atoms with van der Waals surface area (Å²) in [5.41, 5.74) is 0. The van der Waals surface area contributed by atoms with Gasteiger partial charge in [0.25, 0.3) is 0 Å². The van der Waals surface area contributed by atoms with E-state index in [1.165, 1.54) is 19.3 Å². The summed E-state index contributed by atoms with van der Waals surface area (Å²) in [6.07, 6.45) is 4.32. The topological polar surface area (TPSA) is 21.3 Å². The molecule has 0 aromatic heterocycles. The lowest BCUT2D eigenvalue weighted by molar-refractivity contribution is 0.0181. The van der Waals surface area contributed by atoms with Crippen molar-refractivity contribution < 1.29 is 4.74 Å². The van der Waals surface area contributed by atoms with Crippen LogP contribution >= 0.6 is 12.4 Å². The van der Waals surface area contributed by atoms with Gasteiger partial charge in [-0.15, -0.1) is 12.4 Å². The van der Waals surface area contributed by atoms with Gasteiger partial charge in [0.05, 0.1) is 6.10 Å². The number of ether oxygens (including phenoxy) is 1. The summed E-state index contributed by atoms with van der Waals surface area (Å²) >= 11 is 0. The lowest BCUT2D eigenvalue weighted by Crippen LogP contribution is -2.29. The van der Waals surface area contributed by atoms with Crippen molar-refractivity contribution in [3.8, 4) is 0 Å². The van der Waals surface area contributed by atoms with Crippen LogP contribution in [-0.4, -0.2) is 26.3 Å². The summed E-state index contributed by atoms with van der Waals surface area (Å²) in [6, 6.07) is 0. The van der Waals surface area contributed by atoms with Crippen molar-refractivity contribution in [3.05, 3.63) is 0 Å². The molecule has 0 aromatic rings. The largest absolute Gasteiger partial charge is 0.377 e. The monoisotopic (exact) mass is 165 g/mol. The third-order valence-electron chi connectivity index (χ3n) is 1.71. The third kappa shape index (κ3) is 3.40. The molecule has 0 aromatic carbocycles. The van der Waals surface area contributed by atoms with Crippen molar-refractivity contribution in [2.75, 3.05) is 20.2 Å². The normalized spacial score (nSPS) is 25.5. The van der Waals surface area contributed by atoms with Crippen molar-refractivity contribution in [1.82, 2.24) is 5.32 Å². The van der Waals surface area contributed by atoms with Crippen LogP contribution in [0, 0.1) is 0 Å². The van der Waals surface area contributed by atoms with Gasteiger partial charge < -0.3 is 10.1 Å². The van der Waals surface area contributed by atoms with Crippen molar-refractivity contribution in [1.29, 1.82) is 0 Å². The molecule has 1 aliphatic rings. The van der Waals surface area contributed by atoms with E-state index in [0.29, 0.717) is 6.10 Å². The van der Waals surface area contributed by atoms with E-state index in [4.69, 9.17) is 4.74 Å². The van der Waals surface area contributed by atoms with Crippen LogP contribution in [0.25, 0.3) is 0 Å². The number of hydrogen-bond acceptors (Lipinski definition) is 2. The Hall–Kier alpha value is 0.210. The standard InChI is InChI=1S/C7H15NO.ClH/c1-8-6-7-4-2-3-5-9-7;/h7-8H,2-6H2,1H3;1H. The minimum absolute atomic E-state index is 0. The van der Waals surface area contributed by atoms with Crippen LogP contribution < -0.4 is 5.32 Å². The summed E-state index contributed by atoms with van der Waals surface area (Å²) in [5, 5.41) is 3.11. The molecule has 1 rings (SSSR count). The van der Waals surface area contributed by atoms with Gasteiger partial charge in [-0.3, -0.25) is 0 Å². The van der Waals surface area contributed by atoms with E-state index in [1.54, 1.807) is 0 Å². The molecule has 0 bridgehead atoms. The average Bonchev–Trinajstić information content (AvgIpc) is 1.91. The molecule has 0 radical (unpaired) electrons. The Morgan fingerprint density at radius 2 is 2.30 bits per heavy atom. The second-order valence-electron chi connectivity index (χ2n) is 2.55. The smallest absolute Gasteiger partial charge is 0.0699 e. The van der Waals surface area contributed by atoms with Crippen LogP contribution in [0.1, 0.15) is 19.3 Å². The molecular formula is C7H16ClNO. The Labute approximate surface area is 68.7 Å². The second-order valence-corrected chi connectivity index (χ2v) is 2.55. The van der Waals surface area contributed by atoms with Gasteiger partial charge in [0.1, 0.15) is 0 Å². The van der Waals surface area contributed by atoms with Gasteiger partial charge >= 0.3 is 0 Å². The molecule has 1 saturated heterocycles. The van der Waals surface area contributed by atoms with E-state index in [0.717, 1.165) is 13.2 Å². The third-order valence-corrected chi connectivity index (χ3v) is 1.71. The van der Waals surface area contributed by atoms with Gasteiger partial charge in [-0.25, -0.2) is 0 Å². The highest BCUT2D eigenvalue weighted by Gasteiger charge is 2.11. The fraction of sp³-hybridized carbons (Fsp3) is 1.00. The summed E-state index contributed by atoms with van der Waals surface area (Å²) in [5.74, 6) is 0. The van der Waals surface area contributed by atoms with Crippen molar-refractivity contribution in [2.45, 2.75) is 25.4 Å². The Bertz CT molecular complexity index is 71.3. The minimum Gasteiger partial charge on any atom is -0.377 e. The Balaban J connectivity index is 0.000000810. The highest BCUT2D eigenvalue weighted by molar-refractivity contribution is 5.85. The lowest BCUT2D eigenvalue weighted by atomic mass is 10.1. The highest BCUT2D eigenvalue weighted by atomic mass is 35.5.